The van der Waals surface area contributed by atoms with E-state index in [9.17, 15) is 12.8 Å². The molecule has 6 nitrogen and oxygen atoms in total. The molecule has 2 aromatic carbocycles. The Labute approximate surface area is 129 Å². The monoisotopic (exact) mass is 338 g/mol. The van der Waals surface area contributed by atoms with E-state index in [1.54, 1.807) is 6.07 Å². The molecule has 3 rings (SSSR count). The number of nitrogen functional groups attached to an aromatic ring is 1. The van der Waals surface area contributed by atoms with Gasteiger partial charge in [-0.3, -0.25) is 10.1 Å². The predicted octanol–water partition coefficient (Wildman–Crippen LogP) is 2.52. The lowest BCUT2D eigenvalue weighted by Gasteiger charge is -2.07. The number of anilines is 2. The molecule has 3 aromatic rings. The van der Waals surface area contributed by atoms with Gasteiger partial charge in [-0.05, 0) is 42.5 Å². The number of hydrogen-bond acceptors (Lipinski definition) is 6. The first-order valence-electron chi connectivity index (χ1n) is 6.13. The number of nitrogens with two attached hydrogens (primary N) is 1. The molecular formula is C13H11FN4O2S2. The minimum atomic E-state index is -3.76. The van der Waals surface area contributed by atoms with Crippen molar-refractivity contribution >= 4 is 42.4 Å². The lowest BCUT2D eigenvalue weighted by atomic mass is 10.3. The maximum absolute atomic E-state index is 12.9. The third-order valence-electron chi connectivity index (χ3n) is 2.89. The zero-order chi connectivity index (χ0) is 15.7. The van der Waals surface area contributed by atoms with E-state index in [4.69, 9.17) is 5.84 Å². The zero-order valence-electron chi connectivity index (χ0n) is 11.1. The molecule has 1 aromatic heterocycles. The van der Waals surface area contributed by atoms with Gasteiger partial charge in [-0.2, -0.15) is 0 Å². The minimum absolute atomic E-state index is 0.0940. The number of halogens is 1. The van der Waals surface area contributed by atoms with Crippen molar-refractivity contribution in [1.82, 2.24) is 4.98 Å². The van der Waals surface area contributed by atoms with Gasteiger partial charge < -0.3 is 0 Å². The van der Waals surface area contributed by atoms with Crippen molar-refractivity contribution in [2.75, 3.05) is 10.1 Å². The van der Waals surface area contributed by atoms with Gasteiger partial charge in [-0.1, -0.05) is 11.3 Å². The van der Waals surface area contributed by atoms with Crippen LogP contribution in [0.1, 0.15) is 0 Å². The van der Waals surface area contributed by atoms with Gasteiger partial charge in [-0.25, -0.2) is 23.6 Å². The van der Waals surface area contributed by atoms with Crippen LogP contribution in [-0.4, -0.2) is 13.4 Å². The van der Waals surface area contributed by atoms with Crippen LogP contribution in [0.15, 0.2) is 47.4 Å². The van der Waals surface area contributed by atoms with E-state index < -0.39 is 15.8 Å². The van der Waals surface area contributed by atoms with Crippen molar-refractivity contribution in [3.05, 3.63) is 48.3 Å². The number of hydrogen-bond donors (Lipinski definition) is 3. The second-order valence-corrected chi connectivity index (χ2v) is 7.12. The van der Waals surface area contributed by atoms with Gasteiger partial charge in [0.25, 0.3) is 10.0 Å². The van der Waals surface area contributed by atoms with Crippen LogP contribution in [0.3, 0.4) is 0 Å². The van der Waals surface area contributed by atoms with Crippen molar-refractivity contribution in [3.63, 3.8) is 0 Å². The summed E-state index contributed by atoms with van der Waals surface area (Å²) < 4.78 is 40.6. The Morgan fingerprint density at radius 2 is 1.86 bits per heavy atom. The summed E-state index contributed by atoms with van der Waals surface area (Å²) in [4.78, 5) is 4.27. The topological polar surface area (TPSA) is 97.1 Å². The van der Waals surface area contributed by atoms with Crippen molar-refractivity contribution in [2.24, 2.45) is 5.84 Å². The molecule has 0 aliphatic heterocycles. The van der Waals surface area contributed by atoms with Crippen molar-refractivity contribution in [2.45, 2.75) is 4.90 Å². The highest BCUT2D eigenvalue weighted by molar-refractivity contribution is 7.92. The summed E-state index contributed by atoms with van der Waals surface area (Å²) >= 11 is 1.25. The lowest BCUT2D eigenvalue weighted by molar-refractivity contribution is 0.601. The molecular weight excluding hydrogens is 327 g/mol. The van der Waals surface area contributed by atoms with E-state index in [1.165, 1.54) is 47.7 Å². The Morgan fingerprint density at radius 3 is 2.55 bits per heavy atom. The Hall–Kier alpha value is -2.23. The molecule has 0 saturated heterocycles. The van der Waals surface area contributed by atoms with E-state index in [-0.39, 0.29) is 10.6 Å². The van der Waals surface area contributed by atoms with E-state index in [0.717, 1.165) is 0 Å². The standard InChI is InChI=1S/C13H11FN4O2S2/c14-8-1-3-9(4-2-8)18-22(19,20)10-5-6-11-12(7-10)21-13(16-11)17-15/h1-7,18H,15H2,(H,16,17). The Bertz CT molecular complexity index is 923. The molecule has 0 unspecified atom stereocenters. The summed E-state index contributed by atoms with van der Waals surface area (Å²) in [5, 5.41) is 0.496. The highest BCUT2D eigenvalue weighted by Crippen LogP contribution is 2.28. The number of fused-ring (bicyclic) bond motifs is 1. The Kier molecular flexibility index (Phi) is 3.69. The summed E-state index contributed by atoms with van der Waals surface area (Å²) in [6, 6.07) is 9.65. The minimum Gasteiger partial charge on any atom is -0.300 e. The molecule has 4 N–H and O–H groups in total. The summed E-state index contributed by atoms with van der Waals surface area (Å²) in [7, 11) is -3.76. The summed E-state index contributed by atoms with van der Waals surface area (Å²) in [6.45, 7) is 0. The van der Waals surface area contributed by atoms with Crippen LogP contribution in [0.5, 0.6) is 0 Å². The average molecular weight is 338 g/mol. The fourth-order valence-electron chi connectivity index (χ4n) is 1.87. The highest BCUT2D eigenvalue weighted by Gasteiger charge is 2.16. The van der Waals surface area contributed by atoms with Crippen LogP contribution >= 0.6 is 11.3 Å². The number of benzene rings is 2. The second kappa shape index (κ2) is 5.52. The fraction of sp³-hybridized carbons (Fsp3) is 0. The SMILES string of the molecule is NNc1nc2ccc(S(=O)(=O)Nc3ccc(F)cc3)cc2s1. The molecule has 1 heterocycles. The van der Waals surface area contributed by atoms with Gasteiger partial charge in [0.15, 0.2) is 5.13 Å². The van der Waals surface area contributed by atoms with E-state index >= 15 is 0 Å². The normalized spacial score (nSPS) is 11.5. The van der Waals surface area contributed by atoms with Gasteiger partial charge in [0.2, 0.25) is 0 Å². The first-order valence-corrected chi connectivity index (χ1v) is 8.43. The quantitative estimate of drug-likeness (QED) is 0.502. The number of aromatic nitrogens is 1. The summed E-state index contributed by atoms with van der Waals surface area (Å²) in [5.41, 5.74) is 3.37. The molecule has 0 atom stereocenters. The smallest absolute Gasteiger partial charge is 0.261 e. The third-order valence-corrected chi connectivity index (χ3v) is 5.22. The van der Waals surface area contributed by atoms with Crippen molar-refractivity contribution in [1.29, 1.82) is 0 Å². The summed E-state index contributed by atoms with van der Waals surface area (Å²) in [6.07, 6.45) is 0. The van der Waals surface area contributed by atoms with Crippen LogP contribution in [-0.2, 0) is 10.0 Å². The Balaban J connectivity index is 1.95. The Morgan fingerprint density at radius 1 is 1.14 bits per heavy atom. The maximum atomic E-state index is 12.9. The molecule has 0 aliphatic carbocycles. The second-order valence-electron chi connectivity index (χ2n) is 4.41. The number of rotatable bonds is 4. The zero-order valence-corrected chi connectivity index (χ0v) is 12.7. The molecule has 22 heavy (non-hydrogen) atoms. The number of sulfonamides is 1. The highest BCUT2D eigenvalue weighted by atomic mass is 32.2. The van der Waals surface area contributed by atoms with Gasteiger partial charge in [-0.15, -0.1) is 0 Å². The van der Waals surface area contributed by atoms with Gasteiger partial charge in [0.1, 0.15) is 5.82 Å². The number of nitrogens with one attached hydrogen (secondary N) is 2. The van der Waals surface area contributed by atoms with Gasteiger partial charge in [0, 0.05) is 5.69 Å². The number of nitrogens with zero attached hydrogens (tertiary/aromatic N) is 1. The summed E-state index contributed by atoms with van der Waals surface area (Å²) in [5.74, 6) is 4.85. The molecule has 0 saturated carbocycles. The molecule has 0 fully saturated rings. The van der Waals surface area contributed by atoms with Crippen LogP contribution in [0.4, 0.5) is 15.2 Å². The molecule has 9 heteroatoms. The molecule has 0 spiro atoms. The average Bonchev–Trinajstić information content (AvgIpc) is 2.91. The largest absolute Gasteiger partial charge is 0.300 e. The van der Waals surface area contributed by atoms with E-state index in [0.29, 0.717) is 15.3 Å². The van der Waals surface area contributed by atoms with Crippen molar-refractivity contribution in [3.8, 4) is 0 Å². The maximum Gasteiger partial charge on any atom is 0.261 e. The molecule has 114 valence electrons. The number of hydrazine groups is 1. The molecule has 0 bridgehead atoms. The van der Waals surface area contributed by atoms with Crippen LogP contribution in [0.25, 0.3) is 10.2 Å². The molecule has 0 radical (unpaired) electrons. The number of thiazole rings is 1. The van der Waals surface area contributed by atoms with E-state index in [2.05, 4.69) is 15.1 Å². The predicted molar refractivity (Wildman–Crippen MR) is 84.6 cm³/mol. The molecule has 0 amide bonds. The first-order chi connectivity index (χ1) is 10.5. The third kappa shape index (κ3) is 2.86. The van der Waals surface area contributed by atoms with E-state index in [1.807, 2.05) is 0 Å². The van der Waals surface area contributed by atoms with Crippen LogP contribution in [0.2, 0.25) is 0 Å². The van der Waals surface area contributed by atoms with Crippen LogP contribution in [0, 0.1) is 5.82 Å². The van der Waals surface area contributed by atoms with Crippen LogP contribution < -0.4 is 16.0 Å². The first kappa shape index (κ1) is 14.7. The van der Waals surface area contributed by atoms with Crippen molar-refractivity contribution < 1.29 is 12.8 Å². The van der Waals surface area contributed by atoms with Gasteiger partial charge in [0.05, 0.1) is 15.1 Å². The molecule has 0 aliphatic rings. The fourth-order valence-corrected chi connectivity index (χ4v) is 3.84. The van der Waals surface area contributed by atoms with Gasteiger partial charge >= 0.3 is 0 Å². The lowest BCUT2D eigenvalue weighted by Crippen LogP contribution is -2.12.